The number of rotatable bonds is 4. The highest BCUT2D eigenvalue weighted by Gasteiger charge is 2.28. The zero-order chi connectivity index (χ0) is 18.8. The molecule has 0 atom stereocenters. The van der Waals surface area contributed by atoms with Gasteiger partial charge in [-0.15, -0.1) is 0 Å². The quantitative estimate of drug-likeness (QED) is 0.543. The number of carbonyl (C=O) groups is 2. The van der Waals surface area contributed by atoms with E-state index in [1.807, 2.05) is 30.3 Å². The second kappa shape index (κ2) is 6.93. The zero-order valence-corrected chi connectivity index (χ0v) is 14.1. The van der Waals surface area contributed by atoms with Gasteiger partial charge in [-0.25, -0.2) is 10.5 Å². The molecule has 8 nitrogen and oxygen atoms in total. The van der Waals surface area contributed by atoms with E-state index in [4.69, 9.17) is 14.4 Å². The summed E-state index contributed by atoms with van der Waals surface area (Å²) in [6, 6.07) is 14.1. The van der Waals surface area contributed by atoms with Crippen molar-refractivity contribution in [3.63, 3.8) is 0 Å². The van der Waals surface area contributed by atoms with Crippen molar-refractivity contribution in [2.75, 3.05) is 11.5 Å². The summed E-state index contributed by atoms with van der Waals surface area (Å²) >= 11 is 0. The SMILES string of the molecule is O=C(NO)c1ccc2c(c1)N(Cc1nc(-c3ccccc3)co1)C(=O)CO2. The summed E-state index contributed by atoms with van der Waals surface area (Å²) in [6.45, 7) is -0.0307. The van der Waals surface area contributed by atoms with Crippen LogP contribution < -0.4 is 15.1 Å². The first kappa shape index (κ1) is 16.8. The number of ether oxygens (including phenoxy) is 1. The van der Waals surface area contributed by atoms with E-state index in [0.717, 1.165) is 5.56 Å². The molecule has 0 bridgehead atoms. The molecule has 0 aliphatic carbocycles. The molecular weight excluding hydrogens is 350 g/mol. The number of fused-ring (bicyclic) bond motifs is 1. The third kappa shape index (κ3) is 3.25. The number of hydrogen-bond acceptors (Lipinski definition) is 6. The van der Waals surface area contributed by atoms with Crippen LogP contribution >= 0.6 is 0 Å². The van der Waals surface area contributed by atoms with Gasteiger partial charge in [0.15, 0.2) is 6.61 Å². The molecule has 0 fully saturated rings. The van der Waals surface area contributed by atoms with Crippen molar-refractivity contribution >= 4 is 17.5 Å². The van der Waals surface area contributed by atoms with Crippen LogP contribution in [0.2, 0.25) is 0 Å². The summed E-state index contributed by atoms with van der Waals surface area (Å²) in [5.74, 6) is -0.159. The van der Waals surface area contributed by atoms with Crippen LogP contribution in [0, 0.1) is 0 Å². The van der Waals surface area contributed by atoms with Crippen molar-refractivity contribution in [1.29, 1.82) is 0 Å². The highest BCUT2D eigenvalue weighted by atomic mass is 16.5. The van der Waals surface area contributed by atoms with Gasteiger partial charge < -0.3 is 9.15 Å². The fourth-order valence-electron chi connectivity index (χ4n) is 2.84. The molecule has 8 heteroatoms. The van der Waals surface area contributed by atoms with E-state index in [1.54, 1.807) is 11.5 Å². The summed E-state index contributed by atoms with van der Waals surface area (Å²) in [5.41, 5.74) is 3.74. The molecule has 2 aromatic carbocycles. The molecule has 2 heterocycles. The number of nitrogens with zero attached hydrogens (tertiary/aromatic N) is 2. The standard InChI is InChI=1S/C19H15N3O5/c23-18-11-26-16-7-6-13(19(24)21-25)8-15(16)22(18)9-17-20-14(10-27-17)12-4-2-1-3-5-12/h1-8,10,25H,9,11H2,(H,21,24). The first-order valence-electron chi connectivity index (χ1n) is 8.17. The highest BCUT2D eigenvalue weighted by Crippen LogP contribution is 2.34. The van der Waals surface area contributed by atoms with E-state index in [0.29, 0.717) is 23.0 Å². The Balaban J connectivity index is 1.64. The fourth-order valence-corrected chi connectivity index (χ4v) is 2.84. The van der Waals surface area contributed by atoms with E-state index >= 15 is 0 Å². The second-order valence-corrected chi connectivity index (χ2v) is 5.88. The molecule has 4 rings (SSSR count). The second-order valence-electron chi connectivity index (χ2n) is 5.88. The molecule has 2 N–H and O–H groups in total. The van der Waals surface area contributed by atoms with Gasteiger partial charge in [0.1, 0.15) is 24.3 Å². The maximum atomic E-state index is 12.4. The number of benzene rings is 2. The van der Waals surface area contributed by atoms with Crippen LogP contribution in [0.4, 0.5) is 5.69 Å². The number of hydroxylamine groups is 1. The van der Waals surface area contributed by atoms with Gasteiger partial charge in [-0.2, -0.15) is 0 Å². The van der Waals surface area contributed by atoms with Crippen molar-refractivity contribution < 1.29 is 24.0 Å². The molecule has 1 aliphatic heterocycles. The highest BCUT2D eigenvalue weighted by molar-refractivity contribution is 6.00. The van der Waals surface area contributed by atoms with Crippen LogP contribution in [-0.4, -0.2) is 28.6 Å². The van der Waals surface area contributed by atoms with Gasteiger partial charge in [-0.1, -0.05) is 30.3 Å². The smallest absolute Gasteiger partial charge is 0.274 e. The van der Waals surface area contributed by atoms with E-state index in [1.165, 1.54) is 23.3 Å². The maximum absolute atomic E-state index is 12.4. The molecule has 1 aromatic heterocycles. The Bertz CT molecular complexity index is 1000. The Kier molecular flexibility index (Phi) is 4.31. The van der Waals surface area contributed by atoms with Gasteiger partial charge in [0.05, 0.1) is 5.69 Å². The summed E-state index contributed by atoms with van der Waals surface area (Å²) in [4.78, 5) is 29.9. The lowest BCUT2D eigenvalue weighted by Crippen LogP contribution is -2.38. The van der Waals surface area contributed by atoms with E-state index in [-0.39, 0.29) is 24.6 Å². The Morgan fingerprint density at radius 3 is 2.81 bits per heavy atom. The van der Waals surface area contributed by atoms with Gasteiger partial charge >= 0.3 is 0 Å². The molecule has 0 saturated heterocycles. The molecule has 136 valence electrons. The van der Waals surface area contributed by atoms with Crippen molar-refractivity contribution in [3.8, 4) is 17.0 Å². The Labute approximate surface area is 154 Å². The first-order chi connectivity index (χ1) is 13.2. The summed E-state index contributed by atoms with van der Waals surface area (Å²) in [7, 11) is 0. The number of anilines is 1. The molecule has 2 amide bonds. The Morgan fingerprint density at radius 2 is 2.04 bits per heavy atom. The molecule has 0 unspecified atom stereocenters. The molecule has 27 heavy (non-hydrogen) atoms. The van der Waals surface area contributed by atoms with Crippen LogP contribution in [-0.2, 0) is 11.3 Å². The first-order valence-corrected chi connectivity index (χ1v) is 8.17. The van der Waals surface area contributed by atoms with Gasteiger partial charge in [0, 0.05) is 11.1 Å². The van der Waals surface area contributed by atoms with Gasteiger partial charge in [0.25, 0.3) is 11.8 Å². The predicted molar refractivity (Wildman–Crippen MR) is 94.3 cm³/mol. The predicted octanol–water partition coefficient (Wildman–Crippen LogP) is 2.39. The van der Waals surface area contributed by atoms with Gasteiger partial charge in [-0.05, 0) is 18.2 Å². The van der Waals surface area contributed by atoms with Crippen molar-refractivity contribution in [1.82, 2.24) is 10.5 Å². The van der Waals surface area contributed by atoms with Gasteiger partial charge in [0.2, 0.25) is 5.89 Å². The molecule has 3 aromatic rings. The lowest BCUT2D eigenvalue weighted by molar-refractivity contribution is -0.121. The number of hydrogen-bond donors (Lipinski definition) is 2. The van der Waals surface area contributed by atoms with Crippen LogP contribution in [0.1, 0.15) is 16.2 Å². The summed E-state index contributed by atoms with van der Waals surface area (Å²) in [6.07, 6.45) is 1.53. The van der Waals surface area contributed by atoms with Gasteiger partial charge in [-0.3, -0.25) is 19.7 Å². The minimum Gasteiger partial charge on any atom is -0.482 e. The minimum atomic E-state index is -0.682. The van der Waals surface area contributed by atoms with E-state index in [9.17, 15) is 9.59 Å². The van der Waals surface area contributed by atoms with E-state index in [2.05, 4.69) is 4.98 Å². The normalized spacial score (nSPS) is 13.1. The average molecular weight is 365 g/mol. The third-order valence-corrected chi connectivity index (χ3v) is 4.18. The minimum absolute atomic E-state index is 0.0895. The Morgan fingerprint density at radius 1 is 1.22 bits per heavy atom. The fraction of sp³-hybridized carbons (Fsp3) is 0.105. The monoisotopic (exact) mass is 365 g/mol. The van der Waals surface area contributed by atoms with Crippen molar-refractivity contribution in [2.45, 2.75) is 6.54 Å². The van der Waals surface area contributed by atoms with Crippen molar-refractivity contribution in [2.24, 2.45) is 0 Å². The average Bonchev–Trinajstić information content (AvgIpc) is 3.18. The number of carbonyl (C=O) groups excluding carboxylic acids is 2. The topological polar surface area (TPSA) is 105 Å². The number of amides is 2. The van der Waals surface area contributed by atoms with Crippen molar-refractivity contribution in [3.05, 3.63) is 66.2 Å². The molecule has 1 aliphatic rings. The molecule has 0 spiro atoms. The number of oxazole rings is 1. The molecule has 0 saturated carbocycles. The summed E-state index contributed by atoms with van der Waals surface area (Å²) < 4.78 is 10.9. The third-order valence-electron chi connectivity index (χ3n) is 4.18. The molecular formula is C19H15N3O5. The maximum Gasteiger partial charge on any atom is 0.274 e. The lowest BCUT2D eigenvalue weighted by Gasteiger charge is -2.28. The van der Waals surface area contributed by atoms with Crippen LogP contribution in [0.3, 0.4) is 0 Å². The number of nitrogens with one attached hydrogen (secondary N) is 1. The largest absolute Gasteiger partial charge is 0.482 e. The zero-order valence-electron chi connectivity index (χ0n) is 14.1. The van der Waals surface area contributed by atoms with E-state index < -0.39 is 5.91 Å². The molecule has 0 radical (unpaired) electrons. The lowest BCUT2D eigenvalue weighted by atomic mass is 10.1. The number of aromatic nitrogens is 1. The Hall–Kier alpha value is -3.65. The van der Waals surface area contributed by atoms with Crippen LogP contribution in [0.25, 0.3) is 11.3 Å². The van der Waals surface area contributed by atoms with Crippen LogP contribution in [0.15, 0.2) is 59.2 Å². The summed E-state index contributed by atoms with van der Waals surface area (Å²) in [5, 5.41) is 8.82. The van der Waals surface area contributed by atoms with Crippen LogP contribution in [0.5, 0.6) is 5.75 Å².